The van der Waals surface area contributed by atoms with Crippen molar-refractivity contribution in [2.75, 3.05) is 56.9 Å². The molecule has 0 bridgehead atoms. The summed E-state index contributed by atoms with van der Waals surface area (Å²) in [6, 6.07) is 16.6. The predicted octanol–water partition coefficient (Wildman–Crippen LogP) is 2.29. The number of hydrogen-bond donors (Lipinski definition) is 1. The van der Waals surface area contributed by atoms with Crippen LogP contribution in [0.15, 0.2) is 66.2 Å². The van der Waals surface area contributed by atoms with Crippen molar-refractivity contribution in [2.24, 2.45) is 0 Å². The maximum atomic E-state index is 13.8. The van der Waals surface area contributed by atoms with Crippen molar-refractivity contribution in [3.8, 4) is 0 Å². The van der Waals surface area contributed by atoms with Gasteiger partial charge in [0.05, 0.1) is 25.2 Å². The van der Waals surface area contributed by atoms with Gasteiger partial charge in [-0.2, -0.15) is 0 Å². The van der Waals surface area contributed by atoms with E-state index in [2.05, 4.69) is 10.2 Å². The molecule has 2 aromatic carbocycles. The lowest BCUT2D eigenvalue weighted by Crippen LogP contribution is -2.55. The second kappa shape index (κ2) is 11.7. The van der Waals surface area contributed by atoms with E-state index in [9.17, 15) is 18.0 Å². The van der Waals surface area contributed by atoms with Gasteiger partial charge >= 0.3 is 0 Å². The Labute approximate surface area is 236 Å². The van der Waals surface area contributed by atoms with Crippen LogP contribution in [0.4, 0.5) is 5.69 Å². The summed E-state index contributed by atoms with van der Waals surface area (Å²) in [5, 5.41) is 2.96. The smallest absolute Gasteiger partial charge is 0.247 e. The standard InChI is InChI=1S/C30H38N4O5S/c1-32-16-12-24(13-17-32)28(35)31-26(21-39-20-23-8-4-3-5-9-23)29(36)33-18-14-30(15-19-33)22-34(40(2,37)38)27-11-7-6-10-25(27)30/h3-12,26H,13-22H2,1-2H3,(H,31,35)/t26-/m1/s1. The zero-order chi connectivity index (χ0) is 28.3. The van der Waals surface area contributed by atoms with Crippen LogP contribution in [0.5, 0.6) is 0 Å². The van der Waals surface area contributed by atoms with Crippen LogP contribution < -0.4 is 9.62 Å². The Morgan fingerprint density at radius 2 is 1.73 bits per heavy atom. The largest absolute Gasteiger partial charge is 0.374 e. The van der Waals surface area contributed by atoms with E-state index in [1.54, 1.807) is 4.90 Å². The molecule has 0 radical (unpaired) electrons. The van der Waals surface area contributed by atoms with Crippen molar-refractivity contribution in [3.63, 3.8) is 0 Å². The fraction of sp³-hybridized carbons (Fsp3) is 0.467. The zero-order valence-electron chi connectivity index (χ0n) is 23.2. The fourth-order valence-corrected chi connectivity index (χ4v) is 6.95. The highest BCUT2D eigenvalue weighted by atomic mass is 32.2. The number of carbonyl (C=O) groups is 2. The third-order valence-electron chi connectivity index (χ3n) is 8.33. The fourth-order valence-electron chi connectivity index (χ4n) is 5.96. The van der Waals surface area contributed by atoms with E-state index in [4.69, 9.17) is 4.74 Å². The first-order chi connectivity index (χ1) is 19.2. The number of fused-ring (bicyclic) bond motifs is 2. The van der Waals surface area contributed by atoms with Crippen LogP contribution in [-0.4, -0.2) is 88.7 Å². The number of nitrogens with zero attached hydrogens (tertiary/aromatic N) is 3. The van der Waals surface area contributed by atoms with Gasteiger partial charge in [0.15, 0.2) is 0 Å². The number of piperidine rings is 1. The molecule has 10 heteroatoms. The molecule has 0 aliphatic carbocycles. The highest BCUT2D eigenvalue weighted by Crippen LogP contribution is 2.47. The molecule has 0 unspecified atom stereocenters. The van der Waals surface area contributed by atoms with Gasteiger partial charge in [-0.25, -0.2) is 8.42 Å². The molecule has 1 spiro atoms. The van der Waals surface area contributed by atoms with E-state index >= 15 is 0 Å². The molecular weight excluding hydrogens is 528 g/mol. The van der Waals surface area contributed by atoms with Gasteiger partial charge in [-0.05, 0) is 43.5 Å². The lowest BCUT2D eigenvalue weighted by molar-refractivity contribution is -0.139. The quantitative estimate of drug-likeness (QED) is 0.527. The molecule has 5 rings (SSSR count). The number of anilines is 1. The summed E-state index contributed by atoms with van der Waals surface area (Å²) in [5.41, 5.74) is 3.11. The van der Waals surface area contributed by atoms with Crippen molar-refractivity contribution in [1.29, 1.82) is 0 Å². The van der Waals surface area contributed by atoms with Crippen LogP contribution in [0.25, 0.3) is 0 Å². The molecular formula is C30H38N4O5S. The van der Waals surface area contributed by atoms with Gasteiger partial charge in [-0.15, -0.1) is 0 Å². The first-order valence-electron chi connectivity index (χ1n) is 13.8. The maximum Gasteiger partial charge on any atom is 0.247 e. The van der Waals surface area contributed by atoms with Crippen molar-refractivity contribution in [1.82, 2.24) is 15.1 Å². The number of sulfonamides is 1. The van der Waals surface area contributed by atoms with Crippen LogP contribution in [0.1, 0.15) is 30.4 Å². The number of para-hydroxylation sites is 1. The van der Waals surface area contributed by atoms with Crippen LogP contribution in [0.2, 0.25) is 0 Å². The third kappa shape index (κ3) is 6.09. The molecule has 1 fully saturated rings. The van der Waals surface area contributed by atoms with E-state index in [0.29, 0.717) is 57.6 Å². The highest BCUT2D eigenvalue weighted by molar-refractivity contribution is 7.92. The van der Waals surface area contributed by atoms with Gasteiger partial charge in [-0.3, -0.25) is 13.9 Å². The monoisotopic (exact) mass is 566 g/mol. The Kier molecular flexibility index (Phi) is 8.30. The summed E-state index contributed by atoms with van der Waals surface area (Å²) >= 11 is 0. The number of nitrogens with one attached hydrogen (secondary N) is 1. The van der Waals surface area contributed by atoms with E-state index in [-0.39, 0.29) is 23.8 Å². The number of benzene rings is 2. The summed E-state index contributed by atoms with van der Waals surface area (Å²) in [7, 11) is -1.41. The minimum absolute atomic E-state index is 0.0684. The minimum Gasteiger partial charge on any atom is -0.374 e. The van der Waals surface area contributed by atoms with Crippen LogP contribution in [-0.2, 0) is 36.4 Å². The van der Waals surface area contributed by atoms with Gasteiger partial charge < -0.3 is 19.9 Å². The molecule has 3 aliphatic rings. The second-order valence-electron chi connectivity index (χ2n) is 11.2. The number of ether oxygens (including phenoxy) is 1. The summed E-state index contributed by atoms with van der Waals surface area (Å²) in [5.74, 6) is -0.396. The number of likely N-dealkylation sites (N-methyl/N-ethyl adjacent to an activating group) is 1. The van der Waals surface area contributed by atoms with Crippen molar-refractivity contribution in [3.05, 3.63) is 77.4 Å². The topological polar surface area (TPSA) is 99.3 Å². The predicted molar refractivity (Wildman–Crippen MR) is 154 cm³/mol. The molecule has 1 atom stereocenters. The van der Waals surface area contributed by atoms with Gasteiger partial charge in [-0.1, -0.05) is 54.6 Å². The van der Waals surface area contributed by atoms with E-state index in [0.717, 1.165) is 23.4 Å². The normalized spacial score (nSPS) is 19.7. The number of rotatable bonds is 8. The summed E-state index contributed by atoms with van der Waals surface area (Å²) in [6.45, 7) is 3.24. The highest BCUT2D eigenvalue weighted by Gasteiger charge is 2.47. The first-order valence-corrected chi connectivity index (χ1v) is 15.7. The lowest BCUT2D eigenvalue weighted by atomic mass is 9.74. The Bertz CT molecular complexity index is 1370. The van der Waals surface area contributed by atoms with Gasteiger partial charge in [0.1, 0.15) is 6.04 Å². The Morgan fingerprint density at radius 3 is 2.40 bits per heavy atom. The lowest BCUT2D eigenvalue weighted by Gasteiger charge is -2.41. The van der Waals surface area contributed by atoms with E-state index in [1.807, 2.05) is 67.7 Å². The van der Waals surface area contributed by atoms with Crippen molar-refractivity contribution in [2.45, 2.75) is 37.3 Å². The molecule has 3 aliphatic heterocycles. The number of amides is 2. The molecule has 2 amide bonds. The minimum atomic E-state index is -3.42. The Hall–Kier alpha value is -3.21. The van der Waals surface area contributed by atoms with Gasteiger partial charge in [0.25, 0.3) is 0 Å². The van der Waals surface area contributed by atoms with Crippen molar-refractivity contribution >= 4 is 27.5 Å². The summed E-state index contributed by atoms with van der Waals surface area (Å²) in [6.07, 6.45) is 5.08. The summed E-state index contributed by atoms with van der Waals surface area (Å²) < 4.78 is 32.5. The maximum absolute atomic E-state index is 13.8. The third-order valence-corrected chi connectivity index (χ3v) is 9.45. The number of carbonyl (C=O) groups excluding carboxylic acids is 2. The molecule has 9 nitrogen and oxygen atoms in total. The van der Waals surface area contributed by atoms with Crippen molar-refractivity contribution < 1.29 is 22.7 Å². The molecule has 1 saturated heterocycles. The molecule has 0 aromatic heterocycles. The van der Waals surface area contributed by atoms with Crippen LogP contribution in [0, 0.1) is 0 Å². The molecule has 3 heterocycles. The molecule has 1 N–H and O–H groups in total. The number of hydrogen-bond acceptors (Lipinski definition) is 6. The second-order valence-corrected chi connectivity index (χ2v) is 13.1. The molecule has 214 valence electrons. The Morgan fingerprint density at radius 1 is 1.02 bits per heavy atom. The van der Waals surface area contributed by atoms with Gasteiger partial charge in [0.2, 0.25) is 21.8 Å². The zero-order valence-corrected chi connectivity index (χ0v) is 24.0. The number of likely N-dealkylation sites (tertiary alicyclic amines) is 1. The van der Waals surface area contributed by atoms with Crippen LogP contribution in [0.3, 0.4) is 0 Å². The summed E-state index contributed by atoms with van der Waals surface area (Å²) in [4.78, 5) is 30.8. The molecule has 40 heavy (non-hydrogen) atoms. The average Bonchev–Trinajstić information content (AvgIpc) is 3.28. The molecule has 0 saturated carbocycles. The van der Waals surface area contributed by atoms with Crippen LogP contribution >= 0.6 is 0 Å². The SMILES string of the molecule is CN1CC=C(C(=O)N[C@H](COCc2ccccc2)C(=O)N2CCC3(CC2)CN(S(C)(=O)=O)c2ccccc23)CC1. The average molecular weight is 567 g/mol. The first kappa shape index (κ1) is 28.3. The Balaban J connectivity index is 1.28. The van der Waals surface area contributed by atoms with E-state index < -0.39 is 16.1 Å². The van der Waals surface area contributed by atoms with E-state index in [1.165, 1.54) is 10.6 Å². The molecule has 2 aromatic rings. The van der Waals surface area contributed by atoms with Gasteiger partial charge in [0, 0.05) is 43.7 Å².